The summed E-state index contributed by atoms with van der Waals surface area (Å²) in [4.78, 5) is 9.40. The van der Waals surface area contributed by atoms with Crippen LogP contribution in [-0.2, 0) is 0 Å². The minimum atomic E-state index is -0.595. The second kappa shape index (κ2) is 5.77. The molecule has 1 N–H and O–H groups in total. The number of nitrogens with one attached hydrogen (secondary N) is 1. The lowest BCUT2D eigenvalue weighted by Gasteiger charge is -2.28. The maximum Gasteiger partial charge on any atom is 0.126 e. The average molecular weight is 359 g/mol. The summed E-state index contributed by atoms with van der Waals surface area (Å²) < 4.78 is 27.9. The SMILES string of the molecule is C=C1c2ccccc2C(c2cc(F)cc(F)c2)N1c1ccc2[nH]cnc2c1. The molecule has 4 aromatic rings. The normalized spacial score (nSPS) is 16.1. The molecule has 0 fully saturated rings. The van der Waals surface area contributed by atoms with E-state index in [-0.39, 0.29) is 6.04 Å². The minimum Gasteiger partial charge on any atom is -0.345 e. The Morgan fingerprint density at radius 2 is 1.74 bits per heavy atom. The topological polar surface area (TPSA) is 31.9 Å². The van der Waals surface area contributed by atoms with Gasteiger partial charge in [-0.2, -0.15) is 0 Å². The Bertz CT molecular complexity index is 1170. The molecule has 1 aliphatic heterocycles. The lowest BCUT2D eigenvalue weighted by atomic mass is 9.97. The van der Waals surface area contributed by atoms with Gasteiger partial charge in [-0.3, -0.25) is 0 Å². The number of aromatic amines is 1. The first-order valence-corrected chi connectivity index (χ1v) is 8.58. The third-order valence-electron chi connectivity index (χ3n) is 5.00. The molecule has 0 amide bonds. The van der Waals surface area contributed by atoms with Crippen LogP contribution in [0.15, 0.2) is 73.6 Å². The first-order chi connectivity index (χ1) is 13.1. The van der Waals surface area contributed by atoms with Crippen molar-refractivity contribution in [2.24, 2.45) is 0 Å². The van der Waals surface area contributed by atoms with E-state index in [0.29, 0.717) is 5.56 Å². The Morgan fingerprint density at radius 3 is 2.56 bits per heavy atom. The van der Waals surface area contributed by atoms with E-state index in [2.05, 4.69) is 16.5 Å². The zero-order chi connectivity index (χ0) is 18.5. The summed E-state index contributed by atoms with van der Waals surface area (Å²) in [6.45, 7) is 4.25. The number of nitrogens with zero attached hydrogens (tertiary/aromatic N) is 2. The second-order valence-electron chi connectivity index (χ2n) is 6.61. The highest BCUT2D eigenvalue weighted by molar-refractivity contribution is 5.90. The Morgan fingerprint density at radius 1 is 0.963 bits per heavy atom. The lowest BCUT2D eigenvalue weighted by Crippen LogP contribution is -2.21. The lowest BCUT2D eigenvalue weighted by molar-refractivity contribution is 0.577. The molecule has 0 radical (unpaired) electrons. The van der Waals surface area contributed by atoms with Crippen molar-refractivity contribution in [3.63, 3.8) is 0 Å². The number of rotatable bonds is 2. The summed E-state index contributed by atoms with van der Waals surface area (Å²) in [5, 5.41) is 0. The monoisotopic (exact) mass is 359 g/mol. The number of fused-ring (bicyclic) bond motifs is 2. The van der Waals surface area contributed by atoms with Gasteiger partial charge < -0.3 is 9.88 Å². The third-order valence-corrected chi connectivity index (χ3v) is 5.00. The van der Waals surface area contributed by atoms with Gasteiger partial charge in [0.1, 0.15) is 11.6 Å². The van der Waals surface area contributed by atoms with Crippen LogP contribution in [-0.4, -0.2) is 9.97 Å². The van der Waals surface area contributed by atoms with Gasteiger partial charge in [-0.05, 0) is 41.5 Å². The molecule has 1 aromatic heterocycles. The molecule has 0 bridgehead atoms. The van der Waals surface area contributed by atoms with Crippen molar-refractivity contribution >= 4 is 22.4 Å². The van der Waals surface area contributed by atoms with Crippen LogP contribution in [0, 0.1) is 11.6 Å². The van der Waals surface area contributed by atoms with Crippen molar-refractivity contribution in [1.82, 2.24) is 9.97 Å². The molecule has 2 heterocycles. The van der Waals surface area contributed by atoms with Crippen LogP contribution >= 0.6 is 0 Å². The van der Waals surface area contributed by atoms with Crippen LogP contribution in [0.2, 0.25) is 0 Å². The number of halogens is 2. The average Bonchev–Trinajstić information content (AvgIpc) is 3.23. The summed E-state index contributed by atoms with van der Waals surface area (Å²) in [6, 6.07) is 16.9. The first-order valence-electron chi connectivity index (χ1n) is 8.58. The van der Waals surface area contributed by atoms with Crippen LogP contribution < -0.4 is 4.90 Å². The summed E-state index contributed by atoms with van der Waals surface area (Å²) in [5.41, 5.74) is 5.88. The number of hydrogen-bond donors (Lipinski definition) is 1. The fraction of sp³-hybridized carbons (Fsp3) is 0.0455. The van der Waals surface area contributed by atoms with Crippen LogP contribution in [0.3, 0.4) is 0 Å². The molecule has 27 heavy (non-hydrogen) atoms. The molecule has 0 spiro atoms. The zero-order valence-electron chi connectivity index (χ0n) is 14.3. The summed E-state index contributed by atoms with van der Waals surface area (Å²) in [5.74, 6) is -1.19. The molecule has 0 saturated heterocycles. The molecule has 132 valence electrons. The molecule has 3 nitrogen and oxygen atoms in total. The van der Waals surface area contributed by atoms with Gasteiger partial charge >= 0.3 is 0 Å². The molecule has 1 aliphatic rings. The van der Waals surface area contributed by atoms with Crippen molar-refractivity contribution < 1.29 is 8.78 Å². The Hall–Kier alpha value is -3.47. The van der Waals surface area contributed by atoms with Gasteiger partial charge in [-0.1, -0.05) is 30.8 Å². The van der Waals surface area contributed by atoms with Gasteiger partial charge in [0.25, 0.3) is 0 Å². The molecule has 1 unspecified atom stereocenters. The van der Waals surface area contributed by atoms with E-state index in [1.165, 1.54) is 12.1 Å². The number of benzene rings is 3. The molecular weight excluding hydrogens is 344 g/mol. The predicted octanol–water partition coefficient (Wildman–Crippen LogP) is 5.42. The molecule has 5 rings (SSSR count). The highest BCUT2D eigenvalue weighted by Crippen LogP contribution is 2.47. The molecule has 3 aromatic carbocycles. The Kier molecular flexibility index (Phi) is 3.37. The molecular formula is C22H15F2N3. The highest BCUT2D eigenvalue weighted by atomic mass is 19.1. The van der Waals surface area contributed by atoms with Crippen LogP contribution in [0.5, 0.6) is 0 Å². The van der Waals surface area contributed by atoms with Crippen molar-refractivity contribution in [3.8, 4) is 0 Å². The van der Waals surface area contributed by atoms with Gasteiger partial charge in [-0.25, -0.2) is 13.8 Å². The molecule has 0 aliphatic carbocycles. The quantitative estimate of drug-likeness (QED) is 0.518. The van der Waals surface area contributed by atoms with Crippen molar-refractivity contribution in [2.75, 3.05) is 4.90 Å². The Balaban J connectivity index is 1.73. The largest absolute Gasteiger partial charge is 0.345 e. The molecule has 0 saturated carbocycles. The molecule has 1 atom stereocenters. The second-order valence-corrected chi connectivity index (χ2v) is 6.61. The van der Waals surface area contributed by atoms with Gasteiger partial charge in [0.2, 0.25) is 0 Å². The Labute approximate surface area is 154 Å². The predicted molar refractivity (Wildman–Crippen MR) is 102 cm³/mol. The molecule has 5 heteroatoms. The van der Waals surface area contributed by atoms with Crippen molar-refractivity contribution in [1.29, 1.82) is 0 Å². The van der Waals surface area contributed by atoms with E-state index in [1.54, 1.807) is 6.33 Å². The number of imidazole rings is 1. The van der Waals surface area contributed by atoms with Gasteiger partial charge in [0, 0.05) is 23.0 Å². The standard InChI is InChI=1S/C22H15F2N3/c1-13-18-4-2-3-5-19(18)22(14-8-15(23)10-16(24)9-14)27(13)17-6-7-20-21(11-17)26-12-25-20/h2-12,22H,1H2,(H,25,26). The fourth-order valence-corrected chi connectivity index (χ4v) is 3.86. The summed E-state index contributed by atoms with van der Waals surface area (Å²) in [6.07, 6.45) is 1.64. The van der Waals surface area contributed by atoms with Crippen LogP contribution in [0.1, 0.15) is 22.7 Å². The highest BCUT2D eigenvalue weighted by Gasteiger charge is 2.35. The van der Waals surface area contributed by atoms with E-state index >= 15 is 0 Å². The van der Waals surface area contributed by atoms with Crippen molar-refractivity contribution in [3.05, 3.63) is 102 Å². The van der Waals surface area contributed by atoms with Gasteiger partial charge in [-0.15, -0.1) is 0 Å². The van der Waals surface area contributed by atoms with Gasteiger partial charge in [0.05, 0.1) is 23.4 Å². The number of aromatic nitrogens is 2. The van der Waals surface area contributed by atoms with E-state index in [4.69, 9.17) is 0 Å². The van der Waals surface area contributed by atoms with E-state index in [1.807, 2.05) is 47.4 Å². The van der Waals surface area contributed by atoms with E-state index in [0.717, 1.165) is 39.6 Å². The van der Waals surface area contributed by atoms with Crippen molar-refractivity contribution in [2.45, 2.75) is 6.04 Å². The number of anilines is 1. The first kappa shape index (κ1) is 15.8. The van der Waals surface area contributed by atoms with Crippen LogP contribution in [0.4, 0.5) is 14.5 Å². The number of hydrogen-bond acceptors (Lipinski definition) is 2. The third kappa shape index (κ3) is 2.43. The summed E-state index contributed by atoms with van der Waals surface area (Å²) in [7, 11) is 0. The number of H-pyrrole nitrogens is 1. The van der Waals surface area contributed by atoms with Gasteiger partial charge in [0.15, 0.2) is 0 Å². The zero-order valence-corrected chi connectivity index (χ0v) is 14.3. The minimum absolute atomic E-state index is 0.365. The smallest absolute Gasteiger partial charge is 0.126 e. The maximum atomic E-state index is 14.0. The fourth-order valence-electron chi connectivity index (χ4n) is 3.86. The summed E-state index contributed by atoms with van der Waals surface area (Å²) >= 11 is 0. The maximum absolute atomic E-state index is 14.0. The van der Waals surface area contributed by atoms with E-state index in [9.17, 15) is 8.78 Å². The van der Waals surface area contributed by atoms with E-state index < -0.39 is 11.6 Å². The van der Waals surface area contributed by atoms with Crippen LogP contribution in [0.25, 0.3) is 16.7 Å².